The van der Waals surface area contributed by atoms with Gasteiger partial charge in [-0.3, -0.25) is 9.59 Å². The summed E-state index contributed by atoms with van der Waals surface area (Å²) in [4.78, 5) is 25.8. The maximum atomic E-state index is 14.1. The molecule has 0 radical (unpaired) electrons. The Labute approximate surface area is 186 Å². The first-order valence-electron chi connectivity index (χ1n) is 10.2. The second kappa shape index (κ2) is 10.9. The highest BCUT2D eigenvalue weighted by atomic mass is 19.1. The van der Waals surface area contributed by atoms with E-state index in [1.807, 2.05) is 30.3 Å². The number of hydrogen-bond donors (Lipinski definition) is 4. The predicted molar refractivity (Wildman–Crippen MR) is 125 cm³/mol. The van der Waals surface area contributed by atoms with Gasteiger partial charge in [-0.25, -0.2) is 4.39 Å². The monoisotopic (exact) mass is 432 g/mol. The molecule has 1 unspecified atom stereocenters. The van der Waals surface area contributed by atoms with Gasteiger partial charge in [0.2, 0.25) is 5.91 Å². The zero-order valence-electron chi connectivity index (χ0n) is 17.7. The molecule has 0 aliphatic carbocycles. The number of carbonyl (C=O) groups is 2. The van der Waals surface area contributed by atoms with E-state index in [-0.39, 0.29) is 5.56 Å². The lowest BCUT2D eigenvalue weighted by Crippen LogP contribution is -2.44. The fourth-order valence-corrected chi connectivity index (χ4v) is 3.37. The van der Waals surface area contributed by atoms with Crippen LogP contribution in [0, 0.1) is 11.2 Å². The lowest BCUT2D eigenvalue weighted by Gasteiger charge is -2.20. The van der Waals surface area contributed by atoms with Crippen molar-refractivity contribution in [1.82, 2.24) is 5.32 Å². The van der Waals surface area contributed by atoms with E-state index < -0.39 is 23.7 Å². The van der Waals surface area contributed by atoms with Gasteiger partial charge in [-0.1, -0.05) is 48.5 Å². The van der Waals surface area contributed by atoms with Crippen molar-refractivity contribution >= 4 is 29.4 Å². The van der Waals surface area contributed by atoms with Crippen LogP contribution >= 0.6 is 0 Å². The molecule has 0 saturated carbocycles. The summed E-state index contributed by atoms with van der Waals surface area (Å²) in [5.74, 6) is -1.76. The van der Waals surface area contributed by atoms with Gasteiger partial charge in [0.25, 0.3) is 5.91 Å². The predicted octanol–water partition coefficient (Wildman–Crippen LogP) is 4.23. The third-order valence-corrected chi connectivity index (χ3v) is 5.08. The van der Waals surface area contributed by atoms with Gasteiger partial charge >= 0.3 is 0 Å². The minimum absolute atomic E-state index is 0.123. The Morgan fingerprint density at radius 1 is 0.969 bits per heavy atom. The van der Waals surface area contributed by atoms with Gasteiger partial charge in [0.05, 0.1) is 11.3 Å². The SMILES string of the molecule is CNc1cccc(NC(=O)C(CCc2ccccc2)NC(=O)c2ccccc2F)c1C=N. The van der Waals surface area contributed by atoms with E-state index in [0.29, 0.717) is 29.8 Å². The smallest absolute Gasteiger partial charge is 0.254 e. The zero-order valence-corrected chi connectivity index (χ0v) is 17.7. The molecule has 0 spiro atoms. The molecule has 0 aliphatic heterocycles. The summed E-state index contributed by atoms with van der Waals surface area (Å²) in [6.07, 6.45) is 2.02. The number of rotatable bonds is 9. The first-order chi connectivity index (χ1) is 15.5. The molecule has 164 valence electrons. The van der Waals surface area contributed by atoms with Crippen LogP contribution in [0.5, 0.6) is 0 Å². The zero-order chi connectivity index (χ0) is 22.9. The minimum Gasteiger partial charge on any atom is -0.388 e. The molecule has 4 N–H and O–H groups in total. The molecule has 0 fully saturated rings. The van der Waals surface area contributed by atoms with Crippen LogP contribution in [-0.4, -0.2) is 31.1 Å². The number of nitrogens with one attached hydrogen (secondary N) is 4. The highest BCUT2D eigenvalue weighted by molar-refractivity contribution is 6.04. The Kier molecular flexibility index (Phi) is 7.70. The maximum absolute atomic E-state index is 14.1. The van der Waals surface area contributed by atoms with E-state index in [1.165, 1.54) is 18.2 Å². The van der Waals surface area contributed by atoms with Gasteiger partial charge in [0, 0.05) is 24.5 Å². The van der Waals surface area contributed by atoms with Crippen LogP contribution < -0.4 is 16.0 Å². The second-order valence-corrected chi connectivity index (χ2v) is 7.18. The number of halogens is 1. The van der Waals surface area contributed by atoms with Gasteiger partial charge in [-0.05, 0) is 42.7 Å². The Morgan fingerprint density at radius 2 is 1.66 bits per heavy atom. The average molecular weight is 432 g/mol. The van der Waals surface area contributed by atoms with Crippen molar-refractivity contribution in [3.63, 3.8) is 0 Å². The van der Waals surface area contributed by atoms with E-state index in [1.54, 1.807) is 31.3 Å². The van der Waals surface area contributed by atoms with Crippen LogP contribution in [-0.2, 0) is 11.2 Å². The van der Waals surface area contributed by atoms with Crippen LogP contribution in [0.2, 0.25) is 0 Å². The van der Waals surface area contributed by atoms with Crippen molar-refractivity contribution in [2.24, 2.45) is 0 Å². The highest BCUT2D eigenvalue weighted by Gasteiger charge is 2.23. The van der Waals surface area contributed by atoms with Crippen LogP contribution in [0.1, 0.15) is 27.9 Å². The summed E-state index contributed by atoms with van der Waals surface area (Å²) in [5.41, 5.74) is 2.55. The summed E-state index contributed by atoms with van der Waals surface area (Å²) in [6, 6.07) is 19.6. The van der Waals surface area contributed by atoms with Crippen LogP contribution in [0.25, 0.3) is 0 Å². The molecule has 1 atom stereocenters. The van der Waals surface area contributed by atoms with E-state index in [0.717, 1.165) is 11.8 Å². The third kappa shape index (κ3) is 5.57. The number of anilines is 2. The molecule has 6 nitrogen and oxygen atoms in total. The number of amides is 2. The normalized spacial score (nSPS) is 11.3. The van der Waals surface area contributed by atoms with Crippen molar-refractivity contribution in [3.05, 3.63) is 95.3 Å². The Morgan fingerprint density at radius 3 is 2.34 bits per heavy atom. The topological polar surface area (TPSA) is 94.1 Å². The molecule has 0 aromatic heterocycles. The van der Waals surface area contributed by atoms with Gasteiger partial charge in [-0.2, -0.15) is 0 Å². The summed E-state index contributed by atoms with van der Waals surface area (Å²) >= 11 is 0. The quantitative estimate of drug-likeness (QED) is 0.381. The Bertz CT molecular complexity index is 1100. The van der Waals surface area contributed by atoms with Gasteiger partial charge < -0.3 is 21.4 Å². The third-order valence-electron chi connectivity index (χ3n) is 5.08. The van der Waals surface area contributed by atoms with Crippen LogP contribution in [0.4, 0.5) is 15.8 Å². The molecule has 0 saturated heterocycles. The minimum atomic E-state index is -0.904. The molecule has 2 amide bonds. The number of aryl methyl sites for hydroxylation is 1. The second-order valence-electron chi connectivity index (χ2n) is 7.18. The maximum Gasteiger partial charge on any atom is 0.254 e. The van der Waals surface area contributed by atoms with Crippen molar-refractivity contribution < 1.29 is 14.0 Å². The van der Waals surface area contributed by atoms with Crippen LogP contribution in [0.3, 0.4) is 0 Å². The lowest BCUT2D eigenvalue weighted by molar-refractivity contribution is -0.118. The molecule has 3 rings (SSSR count). The van der Waals surface area contributed by atoms with Crippen molar-refractivity contribution in [1.29, 1.82) is 5.41 Å². The number of hydrogen-bond acceptors (Lipinski definition) is 4. The summed E-state index contributed by atoms with van der Waals surface area (Å²) in [7, 11) is 1.73. The van der Waals surface area contributed by atoms with E-state index in [2.05, 4.69) is 16.0 Å². The molecular weight excluding hydrogens is 407 g/mol. The molecule has 0 aliphatic rings. The lowest BCUT2D eigenvalue weighted by atomic mass is 10.0. The van der Waals surface area contributed by atoms with Gasteiger partial charge in [0.1, 0.15) is 11.9 Å². The van der Waals surface area contributed by atoms with Crippen molar-refractivity contribution in [3.8, 4) is 0 Å². The Hall–Kier alpha value is -4.00. The van der Waals surface area contributed by atoms with Crippen molar-refractivity contribution in [2.75, 3.05) is 17.7 Å². The van der Waals surface area contributed by atoms with Crippen molar-refractivity contribution in [2.45, 2.75) is 18.9 Å². The standard InChI is InChI=1S/C25H25FN4O2/c1-28-21-12-7-13-22(19(21)16-27)29-25(32)23(15-14-17-8-3-2-4-9-17)30-24(31)18-10-5-6-11-20(18)26/h2-13,16,23,27-28H,14-15H2,1H3,(H,29,32)(H,30,31). The molecular formula is C25H25FN4O2. The number of benzene rings is 3. The summed E-state index contributed by atoms with van der Waals surface area (Å²) < 4.78 is 14.1. The molecule has 7 heteroatoms. The fraction of sp³-hybridized carbons (Fsp3) is 0.160. The first-order valence-corrected chi connectivity index (χ1v) is 10.2. The molecule has 0 bridgehead atoms. The van der Waals surface area contributed by atoms with Gasteiger partial charge in [-0.15, -0.1) is 0 Å². The first kappa shape index (κ1) is 22.7. The average Bonchev–Trinajstić information content (AvgIpc) is 2.82. The molecule has 0 heterocycles. The fourth-order valence-electron chi connectivity index (χ4n) is 3.37. The van der Waals surface area contributed by atoms with E-state index in [4.69, 9.17) is 5.41 Å². The highest BCUT2D eigenvalue weighted by Crippen LogP contribution is 2.22. The largest absolute Gasteiger partial charge is 0.388 e. The summed E-state index contributed by atoms with van der Waals surface area (Å²) in [6.45, 7) is 0. The molecule has 3 aromatic rings. The molecule has 32 heavy (non-hydrogen) atoms. The number of carbonyl (C=O) groups excluding carboxylic acids is 2. The summed E-state index contributed by atoms with van der Waals surface area (Å²) in [5, 5.41) is 16.1. The van der Waals surface area contributed by atoms with Crippen LogP contribution in [0.15, 0.2) is 72.8 Å². The van der Waals surface area contributed by atoms with E-state index in [9.17, 15) is 14.0 Å². The van der Waals surface area contributed by atoms with Gasteiger partial charge in [0.15, 0.2) is 0 Å². The Balaban J connectivity index is 1.82. The molecule has 3 aromatic carbocycles. The van der Waals surface area contributed by atoms with E-state index >= 15 is 0 Å².